The molecule has 0 heterocycles. The molecule has 0 saturated carbocycles. The van der Waals surface area contributed by atoms with Crippen molar-refractivity contribution in [2.75, 3.05) is 0 Å². The molecule has 0 aliphatic rings. The molecule has 0 aliphatic heterocycles. The Bertz CT molecular complexity index is 552. The number of nitrogens with one attached hydrogen (secondary N) is 1. The molecule has 0 saturated heterocycles. The van der Waals surface area contributed by atoms with Gasteiger partial charge in [-0.05, 0) is 42.3 Å². The van der Waals surface area contributed by atoms with E-state index in [2.05, 4.69) is 12.2 Å². The van der Waals surface area contributed by atoms with Crippen molar-refractivity contribution >= 4 is 34.8 Å². The fourth-order valence-corrected chi connectivity index (χ4v) is 2.40. The standard InChI is InChI=1S/C15H14Cl3N/c1-10(11-2-5-13(16)6-3-11)19-9-12-4-7-14(17)8-15(12)18/h2-8,10,19H,9H2,1H3/t10-/m0/s1. The third-order valence-corrected chi connectivity index (χ3v) is 3.82. The van der Waals surface area contributed by atoms with E-state index >= 15 is 0 Å². The molecule has 4 heteroatoms. The SMILES string of the molecule is C[C@H](NCc1ccc(Cl)cc1Cl)c1ccc(Cl)cc1. The Labute approximate surface area is 128 Å². The summed E-state index contributed by atoms with van der Waals surface area (Å²) in [5, 5.41) is 5.51. The van der Waals surface area contributed by atoms with Crippen LogP contribution in [0.2, 0.25) is 15.1 Å². The molecule has 0 aromatic heterocycles. The first kappa shape index (κ1) is 14.7. The first-order valence-corrected chi connectivity index (χ1v) is 7.12. The van der Waals surface area contributed by atoms with Gasteiger partial charge in [0.1, 0.15) is 0 Å². The average Bonchev–Trinajstić information content (AvgIpc) is 2.38. The molecule has 0 aliphatic carbocycles. The summed E-state index contributed by atoms with van der Waals surface area (Å²) in [6, 6.07) is 13.6. The normalized spacial score (nSPS) is 12.4. The van der Waals surface area contributed by atoms with Gasteiger partial charge in [-0.3, -0.25) is 0 Å². The summed E-state index contributed by atoms with van der Waals surface area (Å²) in [6.07, 6.45) is 0. The summed E-state index contributed by atoms with van der Waals surface area (Å²) in [7, 11) is 0. The van der Waals surface area contributed by atoms with E-state index < -0.39 is 0 Å². The monoisotopic (exact) mass is 313 g/mol. The molecule has 1 atom stereocenters. The smallest absolute Gasteiger partial charge is 0.0465 e. The van der Waals surface area contributed by atoms with Crippen LogP contribution in [0.3, 0.4) is 0 Å². The summed E-state index contributed by atoms with van der Waals surface area (Å²) in [5.74, 6) is 0. The molecule has 19 heavy (non-hydrogen) atoms. The summed E-state index contributed by atoms with van der Waals surface area (Å²) in [4.78, 5) is 0. The first-order valence-electron chi connectivity index (χ1n) is 5.99. The van der Waals surface area contributed by atoms with E-state index in [1.165, 1.54) is 5.56 Å². The molecule has 0 unspecified atom stereocenters. The Morgan fingerprint density at radius 3 is 2.21 bits per heavy atom. The van der Waals surface area contributed by atoms with Gasteiger partial charge < -0.3 is 5.32 Å². The summed E-state index contributed by atoms with van der Waals surface area (Å²) in [5.41, 5.74) is 2.22. The average molecular weight is 315 g/mol. The van der Waals surface area contributed by atoms with Crippen molar-refractivity contribution in [1.29, 1.82) is 0 Å². The number of hydrogen-bond acceptors (Lipinski definition) is 1. The molecule has 0 fully saturated rings. The van der Waals surface area contributed by atoms with E-state index in [-0.39, 0.29) is 6.04 Å². The van der Waals surface area contributed by atoms with Crippen LogP contribution in [0.4, 0.5) is 0 Å². The molecule has 2 aromatic carbocycles. The van der Waals surface area contributed by atoms with E-state index in [0.717, 1.165) is 10.6 Å². The molecule has 0 amide bonds. The number of halogens is 3. The molecule has 0 radical (unpaired) electrons. The van der Waals surface area contributed by atoms with Crippen LogP contribution in [0.25, 0.3) is 0 Å². The van der Waals surface area contributed by atoms with Gasteiger partial charge in [-0.2, -0.15) is 0 Å². The molecule has 2 rings (SSSR count). The second-order valence-corrected chi connectivity index (χ2v) is 5.67. The van der Waals surface area contributed by atoms with Gasteiger partial charge in [0.25, 0.3) is 0 Å². The van der Waals surface area contributed by atoms with Gasteiger partial charge in [-0.25, -0.2) is 0 Å². The van der Waals surface area contributed by atoms with Crippen molar-refractivity contribution in [2.45, 2.75) is 19.5 Å². The highest BCUT2D eigenvalue weighted by Crippen LogP contribution is 2.22. The summed E-state index contributed by atoms with van der Waals surface area (Å²) < 4.78 is 0. The molecule has 0 spiro atoms. The van der Waals surface area contributed by atoms with Crippen molar-refractivity contribution in [3.05, 3.63) is 68.7 Å². The van der Waals surface area contributed by atoms with Gasteiger partial charge in [0.05, 0.1) is 0 Å². The predicted octanol–water partition coefficient (Wildman–Crippen LogP) is 5.50. The molecular weight excluding hydrogens is 301 g/mol. The van der Waals surface area contributed by atoms with Gasteiger partial charge in [-0.15, -0.1) is 0 Å². The Morgan fingerprint density at radius 1 is 0.947 bits per heavy atom. The molecule has 100 valence electrons. The largest absolute Gasteiger partial charge is 0.306 e. The van der Waals surface area contributed by atoms with Gasteiger partial charge in [-0.1, -0.05) is 53.0 Å². The van der Waals surface area contributed by atoms with Crippen LogP contribution in [0.5, 0.6) is 0 Å². The lowest BCUT2D eigenvalue weighted by molar-refractivity contribution is 0.575. The quantitative estimate of drug-likeness (QED) is 0.786. The number of hydrogen-bond donors (Lipinski definition) is 1. The first-order chi connectivity index (χ1) is 9.06. The second-order valence-electron chi connectivity index (χ2n) is 4.39. The van der Waals surface area contributed by atoms with Gasteiger partial charge in [0, 0.05) is 27.7 Å². The summed E-state index contributed by atoms with van der Waals surface area (Å²) in [6.45, 7) is 2.80. The van der Waals surface area contributed by atoms with Crippen molar-refractivity contribution in [2.24, 2.45) is 0 Å². The van der Waals surface area contributed by atoms with Crippen LogP contribution in [-0.2, 0) is 6.54 Å². The Morgan fingerprint density at radius 2 is 1.58 bits per heavy atom. The van der Waals surface area contributed by atoms with Crippen molar-refractivity contribution in [3.8, 4) is 0 Å². The van der Waals surface area contributed by atoms with Crippen LogP contribution in [-0.4, -0.2) is 0 Å². The molecule has 1 nitrogen and oxygen atoms in total. The highest BCUT2D eigenvalue weighted by atomic mass is 35.5. The van der Waals surface area contributed by atoms with Crippen molar-refractivity contribution < 1.29 is 0 Å². The van der Waals surface area contributed by atoms with E-state index in [1.54, 1.807) is 6.07 Å². The topological polar surface area (TPSA) is 12.0 Å². The van der Waals surface area contributed by atoms with Crippen molar-refractivity contribution in [1.82, 2.24) is 5.32 Å². The Kier molecular flexibility index (Phi) is 5.12. The zero-order valence-corrected chi connectivity index (χ0v) is 12.7. The number of benzene rings is 2. The van der Waals surface area contributed by atoms with E-state index in [4.69, 9.17) is 34.8 Å². The lowest BCUT2D eigenvalue weighted by Crippen LogP contribution is -2.18. The fourth-order valence-electron chi connectivity index (χ4n) is 1.80. The Balaban J connectivity index is 2.00. The van der Waals surface area contributed by atoms with Crippen LogP contribution in [0.1, 0.15) is 24.1 Å². The third-order valence-electron chi connectivity index (χ3n) is 2.98. The predicted molar refractivity (Wildman–Crippen MR) is 83.2 cm³/mol. The number of rotatable bonds is 4. The highest BCUT2D eigenvalue weighted by Gasteiger charge is 2.06. The van der Waals surface area contributed by atoms with E-state index in [0.29, 0.717) is 16.6 Å². The molecule has 1 N–H and O–H groups in total. The zero-order chi connectivity index (χ0) is 13.8. The van der Waals surface area contributed by atoms with Gasteiger partial charge in [0.2, 0.25) is 0 Å². The van der Waals surface area contributed by atoms with E-state index in [9.17, 15) is 0 Å². The molecule has 2 aromatic rings. The highest BCUT2D eigenvalue weighted by molar-refractivity contribution is 6.35. The fraction of sp³-hybridized carbons (Fsp3) is 0.200. The van der Waals surface area contributed by atoms with Crippen LogP contribution in [0.15, 0.2) is 42.5 Å². The minimum Gasteiger partial charge on any atom is -0.306 e. The van der Waals surface area contributed by atoms with Crippen LogP contribution >= 0.6 is 34.8 Å². The molecular formula is C15H14Cl3N. The summed E-state index contributed by atoms with van der Waals surface area (Å²) >= 11 is 17.9. The van der Waals surface area contributed by atoms with Crippen LogP contribution < -0.4 is 5.32 Å². The van der Waals surface area contributed by atoms with Crippen LogP contribution in [0, 0.1) is 0 Å². The Hall–Kier alpha value is -0.730. The third kappa shape index (κ3) is 4.12. The maximum Gasteiger partial charge on any atom is 0.0465 e. The zero-order valence-electron chi connectivity index (χ0n) is 10.5. The minimum absolute atomic E-state index is 0.226. The van der Waals surface area contributed by atoms with Crippen molar-refractivity contribution in [3.63, 3.8) is 0 Å². The van der Waals surface area contributed by atoms with Gasteiger partial charge in [0.15, 0.2) is 0 Å². The maximum atomic E-state index is 6.14. The maximum absolute atomic E-state index is 6.14. The lowest BCUT2D eigenvalue weighted by atomic mass is 10.1. The minimum atomic E-state index is 0.226. The second kappa shape index (κ2) is 6.62. The van der Waals surface area contributed by atoms with E-state index in [1.807, 2.05) is 36.4 Å². The lowest BCUT2D eigenvalue weighted by Gasteiger charge is -2.15. The van der Waals surface area contributed by atoms with Gasteiger partial charge >= 0.3 is 0 Å². The molecule has 0 bridgehead atoms.